The number of nitrogens with zero attached hydrogens (tertiary/aromatic N) is 1. The highest BCUT2D eigenvalue weighted by Crippen LogP contribution is 2.33. The van der Waals surface area contributed by atoms with Gasteiger partial charge in [0, 0.05) is 31.3 Å². The topological polar surface area (TPSA) is 64.1 Å². The minimum Gasteiger partial charge on any atom is -0.493 e. The van der Waals surface area contributed by atoms with Crippen molar-refractivity contribution in [2.24, 2.45) is 4.99 Å². The second kappa shape index (κ2) is 9.16. The highest BCUT2D eigenvalue weighted by Gasteiger charge is 2.21. The molecule has 0 saturated carbocycles. The van der Waals surface area contributed by atoms with Gasteiger partial charge >= 0.3 is 0 Å². The van der Waals surface area contributed by atoms with Crippen LogP contribution in [0, 0.1) is 0 Å². The molecule has 27 heavy (non-hydrogen) atoms. The fourth-order valence-corrected chi connectivity index (χ4v) is 3.18. The van der Waals surface area contributed by atoms with E-state index in [-0.39, 0.29) is 0 Å². The van der Waals surface area contributed by atoms with E-state index in [0.29, 0.717) is 24.2 Å². The van der Waals surface area contributed by atoms with Crippen LogP contribution in [0.15, 0.2) is 47.5 Å². The molecule has 2 aromatic rings. The lowest BCUT2D eigenvalue weighted by atomic mass is 9.93. The highest BCUT2D eigenvalue weighted by molar-refractivity contribution is 5.93. The number of hydrogen-bond donors (Lipinski definition) is 2. The molecule has 1 aliphatic rings. The van der Waals surface area contributed by atoms with Crippen molar-refractivity contribution in [1.82, 2.24) is 5.32 Å². The van der Waals surface area contributed by atoms with E-state index in [1.807, 2.05) is 37.3 Å². The van der Waals surface area contributed by atoms with Crippen LogP contribution in [0.1, 0.15) is 24.8 Å². The van der Waals surface area contributed by atoms with Crippen molar-refractivity contribution in [3.05, 3.63) is 48.0 Å². The van der Waals surface area contributed by atoms with Crippen molar-refractivity contribution in [3.8, 4) is 17.2 Å². The third kappa shape index (κ3) is 4.64. The largest absolute Gasteiger partial charge is 0.493 e. The van der Waals surface area contributed by atoms with E-state index in [1.54, 1.807) is 14.2 Å². The monoisotopic (exact) mass is 369 g/mol. The Morgan fingerprint density at radius 3 is 2.85 bits per heavy atom. The number of methoxy groups -OCH3 is 1. The SMILES string of the molecule is CCOc1ccc(NC(=NC)NCC2CCOc3ccccc32)cc1OC. The van der Waals surface area contributed by atoms with E-state index in [4.69, 9.17) is 14.2 Å². The fraction of sp³-hybridized carbons (Fsp3) is 0.381. The number of benzene rings is 2. The Balaban J connectivity index is 1.64. The van der Waals surface area contributed by atoms with Gasteiger partial charge in [-0.1, -0.05) is 18.2 Å². The second-order valence-corrected chi connectivity index (χ2v) is 6.25. The number of aliphatic imine (C=N–C) groups is 1. The lowest BCUT2D eigenvalue weighted by Gasteiger charge is -2.26. The summed E-state index contributed by atoms with van der Waals surface area (Å²) >= 11 is 0. The van der Waals surface area contributed by atoms with Gasteiger partial charge in [-0.25, -0.2) is 0 Å². The van der Waals surface area contributed by atoms with Crippen molar-refractivity contribution in [2.45, 2.75) is 19.3 Å². The van der Waals surface area contributed by atoms with Crippen LogP contribution < -0.4 is 24.8 Å². The highest BCUT2D eigenvalue weighted by atomic mass is 16.5. The number of fused-ring (bicyclic) bond motifs is 1. The number of hydrogen-bond acceptors (Lipinski definition) is 4. The Morgan fingerprint density at radius 2 is 2.07 bits per heavy atom. The maximum atomic E-state index is 5.74. The number of guanidine groups is 1. The fourth-order valence-electron chi connectivity index (χ4n) is 3.18. The normalized spacial score (nSPS) is 16.1. The van der Waals surface area contributed by atoms with Crippen molar-refractivity contribution in [1.29, 1.82) is 0 Å². The molecule has 1 atom stereocenters. The van der Waals surface area contributed by atoms with E-state index in [0.717, 1.165) is 36.8 Å². The van der Waals surface area contributed by atoms with Gasteiger partial charge in [0.15, 0.2) is 17.5 Å². The van der Waals surface area contributed by atoms with Crippen LogP contribution in [-0.4, -0.2) is 39.9 Å². The Hall–Kier alpha value is -2.89. The summed E-state index contributed by atoms with van der Waals surface area (Å²) in [7, 11) is 3.40. The van der Waals surface area contributed by atoms with Gasteiger partial charge in [-0.2, -0.15) is 0 Å². The van der Waals surface area contributed by atoms with Gasteiger partial charge in [0.05, 0.1) is 20.3 Å². The van der Waals surface area contributed by atoms with Crippen molar-refractivity contribution < 1.29 is 14.2 Å². The van der Waals surface area contributed by atoms with Crippen LogP contribution in [0.4, 0.5) is 5.69 Å². The molecule has 0 spiro atoms. The third-order valence-electron chi connectivity index (χ3n) is 4.55. The summed E-state index contributed by atoms with van der Waals surface area (Å²) in [6.07, 6.45) is 0.984. The molecule has 0 aliphatic carbocycles. The summed E-state index contributed by atoms with van der Waals surface area (Å²) in [6, 6.07) is 14.0. The quantitative estimate of drug-likeness (QED) is 0.601. The predicted molar refractivity (Wildman–Crippen MR) is 108 cm³/mol. The molecule has 0 fully saturated rings. The molecule has 6 nitrogen and oxygen atoms in total. The molecule has 0 saturated heterocycles. The number of para-hydroxylation sites is 1. The standard InChI is InChI=1S/C21H27N3O3/c1-4-26-19-10-9-16(13-20(19)25-3)24-21(22-2)23-14-15-11-12-27-18-8-6-5-7-17(15)18/h5-10,13,15H,4,11-12,14H2,1-3H3,(H2,22,23,24). The van der Waals surface area contributed by atoms with E-state index in [2.05, 4.69) is 27.8 Å². The molecule has 2 aromatic carbocycles. The zero-order valence-electron chi connectivity index (χ0n) is 16.1. The van der Waals surface area contributed by atoms with Crippen LogP contribution in [0.25, 0.3) is 0 Å². The Kier molecular flexibility index (Phi) is 6.41. The number of anilines is 1. The lowest BCUT2D eigenvalue weighted by molar-refractivity contribution is 0.267. The van der Waals surface area contributed by atoms with Gasteiger partial charge in [-0.15, -0.1) is 0 Å². The van der Waals surface area contributed by atoms with Gasteiger partial charge in [0.1, 0.15) is 5.75 Å². The molecule has 3 rings (SSSR count). The van der Waals surface area contributed by atoms with E-state index < -0.39 is 0 Å². The number of nitrogens with one attached hydrogen (secondary N) is 2. The van der Waals surface area contributed by atoms with Gasteiger partial charge < -0.3 is 24.8 Å². The Morgan fingerprint density at radius 1 is 1.22 bits per heavy atom. The lowest BCUT2D eigenvalue weighted by Crippen LogP contribution is -2.35. The molecule has 0 radical (unpaired) electrons. The first kappa shape index (κ1) is 18.9. The van der Waals surface area contributed by atoms with Crippen molar-refractivity contribution in [3.63, 3.8) is 0 Å². The molecule has 6 heteroatoms. The van der Waals surface area contributed by atoms with Gasteiger partial charge in [-0.05, 0) is 37.1 Å². The summed E-state index contributed by atoms with van der Waals surface area (Å²) in [4.78, 5) is 4.33. The first-order valence-corrected chi connectivity index (χ1v) is 9.25. The zero-order chi connectivity index (χ0) is 19.1. The molecule has 1 aliphatic heterocycles. The molecule has 144 valence electrons. The number of ether oxygens (including phenoxy) is 3. The summed E-state index contributed by atoms with van der Waals surface area (Å²) in [5.74, 6) is 3.51. The van der Waals surface area contributed by atoms with Crippen LogP contribution in [0.3, 0.4) is 0 Å². The first-order valence-electron chi connectivity index (χ1n) is 9.25. The number of rotatable bonds is 6. The minimum atomic E-state index is 0.392. The maximum absolute atomic E-state index is 5.74. The zero-order valence-corrected chi connectivity index (χ0v) is 16.1. The molecule has 1 unspecified atom stereocenters. The van der Waals surface area contributed by atoms with Crippen molar-refractivity contribution >= 4 is 11.6 Å². The molecule has 0 aromatic heterocycles. The second-order valence-electron chi connectivity index (χ2n) is 6.25. The molecular formula is C21H27N3O3. The third-order valence-corrected chi connectivity index (χ3v) is 4.55. The summed E-state index contributed by atoms with van der Waals surface area (Å²) in [6.45, 7) is 4.07. The average Bonchev–Trinajstić information content (AvgIpc) is 2.72. The predicted octanol–water partition coefficient (Wildman–Crippen LogP) is 3.65. The van der Waals surface area contributed by atoms with Crippen molar-refractivity contribution in [2.75, 3.05) is 39.2 Å². The van der Waals surface area contributed by atoms with E-state index >= 15 is 0 Å². The van der Waals surface area contributed by atoms with Crippen LogP contribution in [0.2, 0.25) is 0 Å². The molecule has 0 bridgehead atoms. The van der Waals surface area contributed by atoms with E-state index in [9.17, 15) is 0 Å². The summed E-state index contributed by atoms with van der Waals surface area (Å²) < 4.78 is 16.7. The maximum Gasteiger partial charge on any atom is 0.195 e. The van der Waals surface area contributed by atoms with Gasteiger partial charge in [-0.3, -0.25) is 4.99 Å². The molecule has 1 heterocycles. The molecule has 2 N–H and O–H groups in total. The van der Waals surface area contributed by atoms with Gasteiger partial charge in [0.2, 0.25) is 0 Å². The average molecular weight is 369 g/mol. The summed E-state index contributed by atoms with van der Waals surface area (Å²) in [5.41, 5.74) is 2.13. The Bertz CT molecular complexity index is 792. The van der Waals surface area contributed by atoms with E-state index in [1.165, 1.54) is 5.56 Å². The minimum absolute atomic E-state index is 0.392. The molecular weight excluding hydrogens is 342 g/mol. The summed E-state index contributed by atoms with van der Waals surface area (Å²) in [5, 5.41) is 6.73. The smallest absolute Gasteiger partial charge is 0.195 e. The van der Waals surface area contributed by atoms with Crippen LogP contribution >= 0.6 is 0 Å². The first-order chi connectivity index (χ1) is 13.2. The molecule has 0 amide bonds. The van der Waals surface area contributed by atoms with Crippen LogP contribution in [0.5, 0.6) is 17.2 Å². The van der Waals surface area contributed by atoms with Crippen LogP contribution in [-0.2, 0) is 0 Å². The van der Waals surface area contributed by atoms with Gasteiger partial charge in [0.25, 0.3) is 0 Å². The Labute approximate surface area is 160 Å².